The van der Waals surface area contributed by atoms with Crippen LogP contribution >= 0.6 is 11.6 Å². The first-order valence-electron chi connectivity index (χ1n) is 7.62. The number of benzene rings is 1. The van der Waals surface area contributed by atoms with Gasteiger partial charge in [0.05, 0.1) is 0 Å². The number of nitrogens with one attached hydrogen (secondary N) is 1. The number of carbonyl (C=O) groups is 1. The standard InChI is InChI=1S/C16H21ClN2O2/c17-13-3-5-14(6-4-13)19-8-7-12(11-19)10-18-16(20)15-2-1-9-21-15/h3-6,12,15H,1-2,7-11H2,(H,18,20)/t12-,15-/m1/s1. The Hall–Kier alpha value is -1.26. The monoisotopic (exact) mass is 308 g/mol. The Morgan fingerprint density at radius 3 is 2.86 bits per heavy atom. The fourth-order valence-corrected chi connectivity index (χ4v) is 3.15. The molecule has 2 aliphatic rings. The molecular formula is C16H21ClN2O2. The average Bonchev–Trinajstić information content (AvgIpc) is 3.17. The van der Waals surface area contributed by atoms with Crippen LogP contribution in [0, 0.1) is 5.92 Å². The van der Waals surface area contributed by atoms with Crippen LogP contribution in [0.2, 0.25) is 5.02 Å². The molecule has 3 rings (SSSR count). The molecular weight excluding hydrogens is 288 g/mol. The second-order valence-electron chi connectivity index (χ2n) is 5.82. The van der Waals surface area contributed by atoms with Crippen molar-refractivity contribution in [3.8, 4) is 0 Å². The Morgan fingerprint density at radius 1 is 1.33 bits per heavy atom. The van der Waals surface area contributed by atoms with Gasteiger partial charge in [-0.25, -0.2) is 0 Å². The minimum absolute atomic E-state index is 0.0532. The molecule has 1 aromatic carbocycles. The van der Waals surface area contributed by atoms with Gasteiger partial charge in [0.2, 0.25) is 5.91 Å². The van der Waals surface area contributed by atoms with Gasteiger partial charge in [-0.05, 0) is 49.4 Å². The Labute approximate surface area is 130 Å². The van der Waals surface area contributed by atoms with Gasteiger partial charge in [-0.3, -0.25) is 4.79 Å². The highest BCUT2D eigenvalue weighted by Crippen LogP contribution is 2.25. The van der Waals surface area contributed by atoms with Crippen LogP contribution in [-0.4, -0.2) is 38.3 Å². The zero-order valence-electron chi connectivity index (χ0n) is 12.1. The summed E-state index contributed by atoms with van der Waals surface area (Å²) in [6.45, 7) is 3.46. The summed E-state index contributed by atoms with van der Waals surface area (Å²) < 4.78 is 5.40. The lowest BCUT2D eigenvalue weighted by molar-refractivity contribution is -0.130. The Kier molecular flexibility index (Phi) is 4.66. The molecule has 5 heteroatoms. The highest BCUT2D eigenvalue weighted by molar-refractivity contribution is 6.30. The van der Waals surface area contributed by atoms with Gasteiger partial charge in [-0.15, -0.1) is 0 Å². The molecule has 0 aromatic heterocycles. The molecule has 0 saturated carbocycles. The molecule has 114 valence electrons. The first-order chi connectivity index (χ1) is 10.2. The van der Waals surface area contributed by atoms with Gasteiger partial charge in [0.1, 0.15) is 6.10 Å². The van der Waals surface area contributed by atoms with E-state index in [0.717, 1.165) is 43.9 Å². The minimum atomic E-state index is -0.223. The van der Waals surface area contributed by atoms with Crippen molar-refractivity contribution < 1.29 is 9.53 Å². The van der Waals surface area contributed by atoms with Crippen LogP contribution in [0.5, 0.6) is 0 Å². The van der Waals surface area contributed by atoms with Crippen LogP contribution in [0.25, 0.3) is 0 Å². The predicted molar refractivity (Wildman–Crippen MR) is 83.8 cm³/mol. The number of amides is 1. The Bertz CT molecular complexity index is 486. The maximum atomic E-state index is 11.9. The van der Waals surface area contributed by atoms with Gasteiger partial charge >= 0.3 is 0 Å². The molecule has 4 nitrogen and oxygen atoms in total. The van der Waals surface area contributed by atoms with Gasteiger partial charge in [-0.1, -0.05) is 11.6 Å². The summed E-state index contributed by atoms with van der Waals surface area (Å²) in [5.74, 6) is 0.559. The first-order valence-corrected chi connectivity index (χ1v) is 8.00. The normalized spacial score (nSPS) is 25.3. The number of halogens is 1. The van der Waals surface area contributed by atoms with Crippen molar-refractivity contribution in [2.45, 2.75) is 25.4 Å². The summed E-state index contributed by atoms with van der Waals surface area (Å²) in [4.78, 5) is 14.3. The van der Waals surface area contributed by atoms with E-state index in [1.165, 1.54) is 5.69 Å². The third-order valence-corrected chi connectivity index (χ3v) is 4.52. The molecule has 0 bridgehead atoms. The van der Waals surface area contributed by atoms with Crippen molar-refractivity contribution in [2.75, 3.05) is 31.1 Å². The molecule has 2 atom stereocenters. The van der Waals surface area contributed by atoms with Gasteiger partial charge in [-0.2, -0.15) is 0 Å². The van der Waals surface area contributed by atoms with Gasteiger partial charge in [0.15, 0.2) is 0 Å². The zero-order chi connectivity index (χ0) is 14.7. The molecule has 2 saturated heterocycles. The van der Waals surface area contributed by atoms with Crippen molar-refractivity contribution in [3.05, 3.63) is 29.3 Å². The van der Waals surface area contributed by atoms with Crippen LogP contribution in [0.1, 0.15) is 19.3 Å². The van der Waals surface area contributed by atoms with Crippen molar-refractivity contribution in [1.82, 2.24) is 5.32 Å². The Balaban J connectivity index is 1.46. The molecule has 2 aliphatic heterocycles. The maximum Gasteiger partial charge on any atom is 0.249 e. The summed E-state index contributed by atoms with van der Waals surface area (Å²) in [6, 6.07) is 7.94. The molecule has 0 radical (unpaired) electrons. The number of ether oxygens (including phenoxy) is 1. The second-order valence-corrected chi connectivity index (χ2v) is 6.26. The van der Waals surface area contributed by atoms with Crippen LogP contribution < -0.4 is 10.2 Å². The zero-order valence-corrected chi connectivity index (χ0v) is 12.8. The number of anilines is 1. The molecule has 2 fully saturated rings. The number of nitrogens with zero attached hydrogens (tertiary/aromatic N) is 1. The lowest BCUT2D eigenvalue weighted by Gasteiger charge is -2.19. The SMILES string of the molecule is O=C(NC[C@H]1CCN(c2ccc(Cl)cc2)C1)[C@H]1CCCO1. The van der Waals surface area contributed by atoms with Crippen LogP contribution in [0.15, 0.2) is 24.3 Å². The summed E-state index contributed by atoms with van der Waals surface area (Å²) in [6.07, 6.45) is 2.73. The molecule has 0 unspecified atom stereocenters. The molecule has 0 aliphatic carbocycles. The van der Waals surface area contributed by atoms with E-state index in [1.54, 1.807) is 0 Å². The molecule has 0 spiro atoms. The van der Waals surface area contributed by atoms with E-state index >= 15 is 0 Å². The summed E-state index contributed by atoms with van der Waals surface area (Å²) >= 11 is 5.92. The van der Waals surface area contributed by atoms with Gasteiger partial charge in [0, 0.05) is 37.0 Å². The van der Waals surface area contributed by atoms with E-state index in [4.69, 9.17) is 16.3 Å². The predicted octanol–water partition coefficient (Wildman–Crippen LogP) is 2.46. The van der Waals surface area contributed by atoms with E-state index < -0.39 is 0 Å². The molecule has 2 heterocycles. The lowest BCUT2D eigenvalue weighted by Crippen LogP contribution is -2.37. The van der Waals surface area contributed by atoms with Gasteiger partial charge < -0.3 is 15.0 Å². The van der Waals surface area contributed by atoms with E-state index in [1.807, 2.05) is 12.1 Å². The van der Waals surface area contributed by atoms with Crippen molar-refractivity contribution in [1.29, 1.82) is 0 Å². The maximum absolute atomic E-state index is 11.9. The van der Waals surface area contributed by atoms with Crippen molar-refractivity contribution in [2.24, 2.45) is 5.92 Å². The van der Waals surface area contributed by atoms with E-state index in [-0.39, 0.29) is 12.0 Å². The van der Waals surface area contributed by atoms with E-state index in [2.05, 4.69) is 22.3 Å². The molecule has 1 N–H and O–H groups in total. The molecule has 1 aromatic rings. The summed E-state index contributed by atoms with van der Waals surface area (Å²) in [5.41, 5.74) is 1.20. The van der Waals surface area contributed by atoms with E-state index in [0.29, 0.717) is 12.5 Å². The molecule has 1 amide bonds. The summed E-state index contributed by atoms with van der Waals surface area (Å²) in [5, 5.41) is 3.80. The molecule has 21 heavy (non-hydrogen) atoms. The number of hydrogen-bond acceptors (Lipinski definition) is 3. The number of carbonyl (C=O) groups excluding carboxylic acids is 1. The smallest absolute Gasteiger partial charge is 0.249 e. The second kappa shape index (κ2) is 6.67. The number of rotatable bonds is 4. The van der Waals surface area contributed by atoms with Crippen LogP contribution in [0.4, 0.5) is 5.69 Å². The first kappa shape index (κ1) is 14.7. The van der Waals surface area contributed by atoms with Crippen LogP contribution in [-0.2, 0) is 9.53 Å². The Morgan fingerprint density at radius 2 is 2.14 bits per heavy atom. The van der Waals surface area contributed by atoms with Crippen molar-refractivity contribution in [3.63, 3.8) is 0 Å². The largest absolute Gasteiger partial charge is 0.371 e. The average molecular weight is 309 g/mol. The summed E-state index contributed by atoms with van der Waals surface area (Å²) in [7, 11) is 0. The van der Waals surface area contributed by atoms with Crippen LogP contribution in [0.3, 0.4) is 0 Å². The number of hydrogen-bond donors (Lipinski definition) is 1. The highest BCUT2D eigenvalue weighted by Gasteiger charge is 2.26. The fourth-order valence-electron chi connectivity index (χ4n) is 3.03. The fraction of sp³-hybridized carbons (Fsp3) is 0.562. The third kappa shape index (κ3) is 3.69. The topological polar surface area (TPSA) is 41.6 Å². The quantitative estimate of drug-likeness (QED) is 0.929. The lowest BCUT2D eigenvalue weighted by atomic mass is 10.1. The van der Waals surface area contributed by atoms with Crippen molar-refractivity contribution >= 4 is 23.2 Å². The van der Waals surface area contributed by atoms with Gasteiger partial charge in [0.25, 0.3) is 0 Å². The van der Waals surface area contributed by atoms with E-state index in [9.17, 15) is 4.79 Å². The highest BCUT2D eigenvalue weighted by atomic mass is 35.5. The minimum Gasteiger partial charge on any atom is -0.371 e. The third-order valence-electron chi connectivity index (χ3n) is 4.26.